The van der Waals surface area contributed by atoms with Crippen molar-refractivity contribution in [2.45, 2.75) is 13.5 Å². The molecule has 0 spiro atoms. The highest BCUT2D eigenvalue weighted by molar-refractivity contribution is 7.80. The van der Waals surface area contributed by atoms with Crippen LogP contribution >= 0.6 is 12.2 Å². The lowest BCUT2D eigenvalue weighted by molar-refractivity contribution is -0.122. The van der Waals surface area contributed by atoms with Gasteiger partial charge in [-0.1, -0.05) is 48.0 Å². The average molecular weight is 473 g/mol. The normalized spacial score (nSPS) is 14.8. The Bertz CT molecular complexity index is 1310. The van der Waals surface area contributed by atoms with Gasteiger partial charge in [-0.15, -0.1) is 0 Å². The molecule has 0 saturated carbocycles. The first-order valence-electron chi connectivity index (χ1n) is 10.3. The number of thiocarbonyl (C=S) groups is 1. The molecule has 2 amide bonds. The van der Waals surface area contributed by atoms with E-state index >= 15 is 0 Å². The topological polar surface area (TPSA) is 95.9 Å². The minimum absolute atomic E-state index is 0.00300. The largest absolute Gasteiger partial charge is 0.489 e. The molecule has 170 valence electrons. The number of hydrogen-bond acceptors (Lipinski definition) is 5. The molecule has 1 aliphatic heterocycles. The smallest absolute Gasteiger partial charge is 0.335 e. The maximum atomic E-state index is 13.1. The van der Waals surface area contributed by atoms with E-state index < -0.39 is 17.8 Å². The van der Waals surface area contributed by atoms with Crippen LogP contribution < -0.4 is 15.0 Å². The summed E-state index contributed by atoms with van der Waals surface area (Å²) in [6.45, 7) is 2.44. The average Bonchev–Trinajstić information content (AvgIpc) is 2.82. The van der Waals surface area contributed by atoms with Crippen LogP contribution in [-0.4, -0.2) is 28.0 Å². The molecule has 8 heteroatoms. The van der Waals surface area contributed by atoms with Crippen molar-refractivity contribution in [3.05, 3.63) is 101 Å². The summed E-state index contributed by atoms with van der Waals surface area (Å²) < 4.78 is 5.80. The van der Waals surface area contributed by atoms with Crippen LogP contribution in [0.15, 0.2) is 78.4 Å². The van der Waals surface area contributed by atoms with Gasteiger partial charge < -0.3 is 9.84 Å². The molecule has 3 aromatic rings. The van der Waals surface area contributed by atoms with Gasteiger partial charge in [0.2, 0.25) is 0 Å². The van der Waals surface area contributed by atoms with E-state index in [1.165, 1.54) is 29.8 Å². The van der Waals surface area contributed by atoms with Crippen molar-refractivity contribution in [2.24, 2.45) is 0 Å². The summed E-state index contributed by atoms with van der Waals surface area (Å²) in [6, 6.07) is 20.8. The fraction of sp³-hybridized carbons (Fsp3) is 0.0769. The molecule has 0 radical (unpaired) electrons. The number of hydrogen-bond donors (Lipinski definition) is 2. The number of aryl methyl sites for hydroxylation is 1. The number of nitrogens with zero attached hydrogens (tertiary/aromatic N) is 1. The van der Waals surface area contributed by atoms with E-state index in [-0.39, 0.29) is 21.9 Å². The highest BCUT2D eigenvalue weighted by Crippen LogP contribution is 2.24. The van der Waals surface area contributed by atoms with Crippen LogP contribution in [0.4, 0.5) is 5.69 Å². The Morgan fingerprint density at radius 3 is 2.44 bits per heavy atom. The van der Waals surface area contributed by atoms with Crippen molar-refractivity contribution in [1.82, 2.24) is 5.32 Å². The van der Waals surface area contributed by atoms with Crippen LogP contribution in [-0.2, 0) is 16.2 Å². The first-order chi connectivity index (χ1) is 16.3. The van der Waals surface area contributed by atoms with Crippen molar-refractivity contribution < 1.29 is 24.2 Å². The number of anilines is 1. The van der Waals surface area contributed by atoms with Crippen LogP contribution in [0.5, 0.6) is 5.75 Å². The van der Waals surface area contributed by atoms with Crippen LogP contribution in [0.3, 0.4) is 0 Å². The predicted octanol–water partition coefficient (Wildman–Crippen LogP) is 4.10. The van der Waals surface area contributed by atoms with Crippen molar-refractivity contribution in [1.29, 1.82) is 0 Å². The third kappa shape index (κ3) is 5.02. The Morgan fingerprint density at radius 1 is 1.06 bits per heavy atom. The number of ether oxygens (including phenoxy) is 1. The van der Waals surface area contributed by atoms with Crippen LogP contribution in [0.1, 0.15) is 27.0 Å². The highest BCUT2D eigenvalue weighted by atomic mass is 32.1. The van der Waals surface area contributed by atoms with E-state index in [9.17, 15) is 19.5 Å². The number of carbonyl (C=O) groups excluding carboxylic acids is 2. The first kappa shape index (κ1) is 22.9. The summed E-state index contributed by atoms with van der Waals surface area (Å²) in [5.41, 5.74) is 2.97. The summed E-state index contributed by atoms with van der Waals surface area (Å²) >= 11 is 5.17. The molecule has 0 unspecified atom stereocenters. The lowest BCUT2D eigenvalue weighted by atomic mass is 10.1. The molecule has 0 aromatic heterocycles. The molecule has 34 heavy (non-hydrogen) atoms. The van der Waals surface area contributed by atoms with Crippen molar-refractivity contribution in [2.75, 3.05) is 4.90 Å². The van der Waals surface area contributed by atoms with Gasteiger partial charge in [0.25, 0.3) is 11.8 Å². The SMILES string of the molecule is Cc1ccc(COc2ccc(C=C3C(=O)NC(=S)N(c4cccc(C(=O)O)c4)C3=O)cc2)cc1. The fourth-order valence-electron chi connectivity index (χ4n) is 3.35. The van der Waals surface area contributed by atoms with E-state index in [1.54, 1.807) is 30.3 Å². The Morgan fingerprint density at radius 2 is 1.76 bits per heavy atom. The minimum atomic E-state index is -1.14. The molecular formula is C26H20N2O5S. The maximum Gasteiger partial charge on any atom is 0.335 e. The summed E-state index contributed by atoms with van der Waals surface area (Å²) in [6.07, 6.45) is 1.46. The Balaban J connectivity index is 1.53. The van der Waals surface area contributed by atoms with Gasteiger partial charge in [0, 0.05) is 0 Å². The van der Waals surface area contributed by atoms with E-state index in [4.69, 9.17) is 17.0 Å². The Hall–Kier alpha value is -4.30. The number of rotatable bonds is 6. The lowest BCUT2D eigenvalue weighted by Crippen LogP contribution is -2.54. The fourth-order valence-corrected chi connectivity index (χ4v) is 3.63. The van der Waals surface area contributed by atoms with E-state index in [2.05, 4.69) is 5.32 Å². The molecule has 7 nitrogen and oxygen atoms in total. The second-order valence-corrected chi connectivity index (χ2v) is 8.04. The molecule has 3 aromatic carbocycles. The molecule has 1 saturated heterocycles. The van der Waals surface area contributed by atoms with Crippen molar-refractivity contribution >= 4 is 46.9 Å². The van der Waals surface area contributed by atoms with Crippen LogP contribution in [0.2, 0.25) is 0 Å². The van der Waals surface area contributed by atoms with Gasteiger partial charge in [-0.05, 0) is 66.7 Å². The third-order valence-corrected chi connectivity index (χ3v) is 5.45. The monoisotopic (exact) mass is 472 g/mol. The number of carboxylic acid groups (broad SMARTS) is 1. The summed E-state index contributed by atoms with van der Waals surface area (Å²) in [7, 11) is 0. The maximum absolute atomic E-state index is 13.1. The molecule has 1 heterocycles. The van der Waals surface area contributed by atoms with Crippen molar-refractivity contribution in [3.63, 3.8) is 0 Å². The number of carboxylic acids is 1. The van der Waals surface area contributed by atoms with Gasteiger partial charge >= 0.3 is 5.97 Å². The van der Waals surface area contributed by atoms with E-state index in [0.717, 1.165) is 10.5 Å². The summed E-state index contributed by atoms with van der Waals surface area (Å²) in [5, 5.41) is 11.6. The molecule has 0 aliphatic carbocycles. The van der Waals surface area contributed by atoms with Crippen molar-refractivity contribution in [3.8, 4) is 5.75 Å². The number of carbonyl (C=O) groups is 3. The zero-order chi connectivity index (χ0) is 24.2. The molecule has 1 aliphatic rings. The lowest BCUT2D eigenvalue weighted by Gasteiger charge is -2.29. The van der Waals surface area contributed by atoms with Gasteiger partial charge in [-0.25, -0.2) is 4.79 Å². The Kier molecular flexibility index (Phi) is 6.51. The van der Waals surface area contributed by atoms with E-state index in [1.807, 2.05) is 31.2 Å². The second-order valence-electron chi connectivity index (χ2n) is 7.66. The number of nitrogens with one attached hydrogen (secondary N) is 1. The number of amides is 2. The van der Waals surface area contributed by atoms with Crippen LogP contribution in [0.25, 0.3) is 6.08 Å². The second kappa shape index (κ2) is 9.68. The molecule has 1 fully saturated rings. The quantitative estimate of drug-likeness (QED) is 0.319. The van der Waals surface area contributed by atoms with Gasteiger partial charge in [-0.2, -0.15) is 0 Å². The number of benzene rings is 3. The number of aromatic carboxylic acids is 1. The highest BCUT2D eigenvalue weighted by Gasteiger charge is 2.34. The molecule has 0 atom stereocenters. The molecule has 2 N–H and O–H groups in total. The zero-order valence-corrected chi connectivity index (χ0v) is 19.0. The molecular weight excluding hydrogens is 452 g/mol. The zero-order valence-electron chi connectivity index (χ0n) is 18.1. The Labute approximate surface area is 201 Å². The summed E-state index contributed by atoms with van der Waals surface area (Å²) in [5.74, 6) is -1.76. The van der Waals surface area contributed by atoms with Crippen LogP contribution in [0, 0.1) is 6.92 Å². The van der Waals surface area contributed by atoms with Gasteiger partial charge in [0.05, 0.1) is 11.3 Å². The minimum Gasteiger partial charge on any atom is -0.489 e. The van der Waals surface area contributed by atoms with Gasteiger partial charge in [0.1, 0.15) is 17.9 Å². The van der Waals surface area contributed by atoms with Gasteiger partial charge in [0.15, 0.2) is 5.11 Å². The predicted molar refractivity (Wildman–Crippen MR) is 132 cm³/mol. The first-order valence-corrected chi connectivity index (χ1v) is 10.8. The van der Waals surface area contributed by atoms with Gasteiger partial charge in [-0.3, -0.25) is 19.8 Å². The standard InChI is InChI=1S/C26H20N2O5S/c1-16-5-7-18(8-6-16)15-33-21-11-9-17(10-12-21)13-22-23(29)27-26(34)28(24(22)30)20-4-2-3-19(14-20)25(31)32/h2-14H,15H2,1H3,(H,31,32)(H,27,29,34). The summed E-state index contributed by atoms with van der Waals surface area (Å²) in [4.78, 5) is 38.0. The third-order valence-electron chi connectivity index (χ3n) is 5.17. The van der Waals surface area contributed by atoms with E-state index in [0.29, 0.717) is 17.9 Å². The molecule has 0 bridgehead atoms. The molecule has 4 rings (SSSR count).